The van der Waals surface area contributed by atoms with E-state index in [1.165, 1.54) is 33.8 Å². The molecule has 0 spiro atoms. The van der Waals surface area contributed by atoms with Crippen LogP contribution in [-0.2, 0) is 13.1 Å². The number of hydrogen-bond acceptors (Lipinski definition) is 6. The topological polar surface area (TPSA) is 124 Å². The van der Waals surface area contributed by atoms with Gasteiger partial charge in [0.1, 0.15) is 29.3 Å². The van der Waals surface area contributed by atoms with Crippen molar-refractivity contribution < 1.29 is 13.7 Å². The molecule has 1 aromatic carbocycles. The zero-order valence-corrected chi connectivity index (χ0v) is 15.3. The molecular formula is C18H16FN7O3. The standard InChI is InChI=1S/C18H16FN7O3/c1-11-6-14(24-29-11)8-20-17(27)15-7-16(23-22-15)25-10-21-26(18(25)28)9-12-2-4-13(19)5-3-12/h2-7,10H,8-9H2,1H3,(H,20,27)(H,22,23). The van der Waals surface area contributed by atoms with Crippen molar-refractivity contribution in [3.8, 4) is 5.82 Å². The van der Waals surface area contributed by atoms with Crippen LogP contribution in [-0.4, -0.2) is 35.6 Å². The van der Waals surface area contributed by atoms with Crippen molar-refractivity contribution in [1.29, 1.82) is 0 Å². The fourth-order valence-corrected chi connectivity index (χ4v) is 2.68. The molecule has 2 N–H and O–H groups in total. The van der Waals surface area contributed by atoms with E-state index in [9.17, 15) is 14.0 Å². The molecule has 1 amide bonds. The summed E-state index contributed by atoms with van der Waals surface area (Å²) in [7, 11) is 0. The van der Waals surface area contributed by atoms with Crippen LogP contribution in [0.3, 0.4) is 0 Å². The van der Waals surface area contributed by atoms with Crippen molar-refractivity contribution in [1.82, 2.24) is 35.0 Å². The fraction of sp³-hybridized carbons (Fsp3) is 0.167. The molecule has 0 atom stereocenters. The summed E-state index contributed by atoms with van der Waals surface area (Å²) in [6, 6.07) is 8.94. The summed E-state index contributed by atoms with van der Waals surface area (Å²) in [6.07, 6.45) is 1.31. The van der Waals surface area contributed by atoms with E-state index in [1.807, 2.05) is 0 Å². The molecule has 0 aliphatic carbocycles. The van der Waals surface area contributed by atoms with Crippen LogP contribution in [0.5, 0.6) is 0 Å². The maximum absolute atomic E-state index is 13.0. The molecule has 0 saturated heterocycles. The Hall–Kier alpha value is -4.02. The molecule has 4 rings (SSSR count). The van der Waals surface area contributed by atoms with Crippen molar-refractivity contribution in [3.63, 3.8) is 0 Å². The number of nitrogens with zero attached hydrogens (tertiary/aromatic N) is 5. The van der Waals surface area contributed by atoms with Gasteiger partial charge in [-0.2, -0.15) is 10.2 Å². The number of halogens is 1. The van der Waals surface area contributed by atoms with E-state index in [-0.39, 0.29) is 30.4 Å². The summed E-state index contributed by atoms with van der Waals surface area (Å²) < 4.78 is 20.4. The average molecular weight is 397 g/mol. The van der Waals surface area contributed by atoms with Crippen molar-refractivity contribution in [3.05, 3.63) is 81.7 Å². The second kappa shape index (κ2) is 7.54. The first-order chi connectivity index (χ1) is 14.0. The molecule has 4 aromatic rings. The lowest BCUT2D eigenvalue weighted by atomic mass is 10.2. The van der Waals surface area contributed by atoms with Gasteiger partial charge in [-0.15, -0.1) is 0 Å². The Morgan fingerprint density at radius 3 is 2.79 bits per heavy atom. The number of carbonyl (C=O) groups excluding carboxylic acids is 1. The SMILES string of the molecule is Cc1cc(CNC(=O)c2cc(-n3cnn(Cc4ccc(F)cc4)c3=O)n[nH]2)no1. The Bertz CT molecular complexity index is 1200. The number of benzene rings is 1. The Balaban J connectivity index is 1.46. The number of aromatic nitrogens is 6. The van der Waals surface area contributed by atoms with Crippen LogP contribution in [0.15, 0.2) is 52.0 Å². The minimum atomic E-state index is -0.439. The minimum Gasteiger partial charge on any atom is -0.361 e. The summed E-state index contributed by atoms with van der Waals surface area (Å²) in [5, 5.41) is 17.1. The first-order valence-corrected chi connectivity index (χ1v) is 8.64. The molecule has 0 bridgehead atoms. The molecule has 10 nitrogen and oxygen atoms in total. The van der Waals surface area contributed by atoms with E-state index >= 15 is 0 Å². The lowest BCUT2D eigenvalue weighted by Crippen LogP contribution is -2.24. The highest BCUT2D eigenvalue weighted by Crippen LogP contribution is 2.07. The van der Waals surface area contributed by atoms with E-state index < -0.39 is 11.6 Å². The zero-order valence-electron chi connectivity index (χ0n) is 15.3. The number of nitrogens with one attached hydrogen (secondary N) is 2. The van der Waals surface area contributed by atoms with Gasteiger partial charge in [-0.25, -0.2) is 18.4 Å². The average Bonchev–Trinajstić information content (AvgIpc) is 3.43. The van der Waals surface area contributed by atoms with Gasteiger partial charge in [0, 0.05) is 12.1 Å². The number of aromatic amines is 1. The lowest BCUT2D eigenvalue weighted by molar-refractivity contribution is 0.0945. The molecule has 0 aliphatic heterocycles. The fourth-order valence-electron chi connectivity index (χ4n) is 2.68. The molecule has 0 fully saturated rings. The Labute approximate surface area is 163 Å². The van der Waals surface area contributed by atoms with Crippen LogP contribution in [0.4, 0.5) is 4.39 Å². The maximum Gasteiger partial charge on any atom is 0.351 e. The summed E-state index contributed by atoms with van der Waals surface area (Å²) in [5.74, 6) is 0.113. The zero-order chi connectivity index (χ0) is 20.4. The number of aryl methyl sites for hydroxylation is 1. The van der Waals surface area contributed by atoms with E-state index in [4.69, 9.17) is 4.52 Å². The number of carbonyl (C=O) groups is 1. The quantitative estimate of drug-likeness (QED) is 0.503. The van der Waals surface area contributed by atoms with Gasteiger partial charge in [-0.3, -0.25) is 9.89 Å². The van der Waals surface area contributed by atoms with Crippen LogP contribution >= 0.6 is 0 Å². The van der Waals surface area contributed by atoms with Gasteiger partial charge in [0.25, 0.3) is 5.91 Å². The van der Waals surface area contributed by atoms with E-state index in [0.29, 0.717) is 11.5 Å². The highest BCUT2D eigenvalue weighted by Gasteiger charge is 2.14. The third-order valence-electron chi connectivity index (χ3n) is 4.14. The third kappa shape index (κ3) is 3.98. The van der Waals surface area contributed by atoms with Crippen LogP contribution in [0.1, 0.15) is 27.5 Å². The predicted molar refractivity (Wildman–Crippen MR) is 97.9 cm³/mol. The Kier molecular flexibility index (Phi) is 4.77. The smallest absolute Gasteiger partial charge is 0.351 e. The van der Waals surface area contributed by atoms with E-state index in [1.54, 1.807) is 25.1 Å². The first-order valence-electron chi connectivity index (χ1n) is 8.64. The maximum atomic E-state index is 13.0. The third-order valence-corrected chi connectivity index (χ3v) is 4.14. The lowest BCUT2D eigenvalue weighted by Gasteiger charge is -2.00. The van der Waals surface area contributed by atoms with E-state index in [2.05, 4.69) is 25.8 Å². The summed E-state index contributed by atoms with van der Waals surface area (Å²) in [4.78, 5) is 24.8. The molecule has 148 valence electrons. The molecule has 0 unspecified atom stereocenters. The number of amides is 1. The summed E-state index contributed by atoms with van der Waals surface area (Å²) in [5.41, 5.74) is 1.06. The van der Waals surface area contributed by atoms with Gasteiger partial charge >= 0.3 is 5.69 Å². The number of rotatable bonds is 6. The van der Waals surface area contributed by atoms with Crippen molar-refractivity contribution in [2.24, 2.45) is 0 Å². The second-order valence-corrected chi connectivity index (χ2v) is 6.32. The predicted octanol–water partition coefficient (Wildman–Crippen LogP) is 1.17. The van der Waals surface area contributed by atoms with Gasteiger partial charge in [-0.05, 0) is 24.6 Å². The van der Waals surface area contributed by atoms with E-state index in [0.717, 1.165) is 5.56 Å². The minimum absolute atomic E-state index is 0.179. The molecule has 29 heavy (non-hydrogen) atoms. The van der Waals surface area contributed by atoms with Crippen molar-refractivity contribution in [2.45, 2.75) is 20.0 Å². The van der Waals surface area contributed by atoms with Crippen LogP contribution < -0.4 is 11.0 Å². The molecular weight excluding hydrogens is 381 g/mol. The van der Waals surface area contributed by atoms with Crippen LogP contribution in [0.25, 0.3) is 5.82 Å². The van der Waals surface area contributed by atoms with Crippen LogP contribution in [0, 0.1) is 12.7 Å². The molecule has 0 aliphatic rings. The highest BCUT2D eigenvalue weighted by atomic mass is 19.1. The highest BCUT2D eigenvalue weighted by molar-refractivity contribution is 5.92. The van der Waals surface area contributed by atoms with Gasteiger partial charge in [0.2, 0.25) is 0 Å². The van der Waals surface area contributed by atoms with Gasteiger partial charge < -0.3 is 9.84 Å². The Morgan fingerprint density at radius 2 is 2.07 bits per heavy atom. The monoisotopic (exact) mass is 397 g/mol. The Morgan fingerprint density at radius 1 is 1.28 bits per heavy atom. The molecule has 0 radical (unpaired) electrons. The van der Waals surface area contributed by atoms with Crippen molar-refractivity contribution in [2.75, 3.05) is 0 Å². The normalized spacial score (nSPS) is 11.0. The number of H-pyrrole nitrogens is 1. The van der Waals surface area contributed by atoms with Gasteiger partial charge in [0.15, 0.2) is 5.82 Å². The molecule has 3 heterocycles. The van der Waals surface area contributed by atoms with Crippen LogP contribution in [0.2, 0.25) is 0 Å². The van der Waals surface area contributed by atoms with Gasteiger partial charge in [0.05, 0.1) is 13.1 Å². The molecule has 11 heteroatoms. The first kappa shape index (κ1) is 18.3. The number of hydrogen-bond donors (Lipinski definition) is 2. The summed E-state index contributed by atoms with van der Waals surface area (Å²) in [6.45, 7) is 2.13. The van der Waals surface area contributed by atoms with Crippen molar-refractivity contribution >= 4 is 5.91 Å². The summed E-state index contributed by atoms with van der Waals surface area (Å²) >= 11 is 0. The second-order valence-electron chi connectivity index (χ2n) is 6.32. The largest absolute Gasteiger partial charge is 0.361 e. The van der Waals surface area contributed by atoms with Gasteiger partial charge in [-0.1, -0.05) is 17.3 Å². The molecule has 0 saturated carbocycles. The molecule has 3 aromatic heterocycles.